The maximum absolute atomic E-state index is 11.1. The Kier molecular flexibility index (Phi) is 2.52. The molecule has 3 nitrogen and oxygen atoms in total. The molecule has 0 unspecified atom stereocenters. The molecule has 2 aliphatic rings. The van der Waals surface area contributed by atoms with Crippen molar-refractivity contribution in [2.45, 2.75) is 18.8 Å². The molecule has 1 fully saturated rings. The fourth-order valence-corrected chi connectivity index (χ4v) is 3.26. The molecular formula is C15H17NO2. The highest BCUT2D eigenvalue weighted by Crippen LogP contribution is 2.45. The molecule has 0 bridgehead atoms. The maximum Gasteiger partial charge on any atom is 0.335 e. The van der Waals surface area contributed by atoms with E-state index < -0.39 is 5.97 Å². The van der Waals surface area contributed by atoms with Gasteiger partial charge >= 0.3 is 5.97 Å². The van der Waals surface area contributed by atoms with Crippen molar-refractivity contribution < 1.29 is 9.90 Å². The Morgan fingerprint density at radius 1 is 1.50 bits per heavy atom. The van der Waals surface area contributed by atoms with Crippen LogP contribution in [0.2, 0.25) is 0 Å². The zero-order valence-electron chi connectivity index (χ0n) is 10.4. The molecule has 1 aliphatic heterocycles. The van der Waals surface area contributed by atoms with Gasteiger partial charge in [-0.2, -0.15) is 0 Å². The molecule has 1 heterocycles. The quantitative estimate of drug-likeness (QED) is 0.795. The molecule has 1 aromatic rings. The monoisotopic (exact) mass is 243 g/mol. The van der Waals surface area contributed by atoms with Crippen molar-refractivity contribution in [3.8, 4) is 0 Å². The predicted molar refractivity (Wildman–Crippen MR) is 70.8 cm³/mol. The second kappa shape index (κ2) is 3.95. The van der Waals surface area contributed by atoms with E-state index in [1.54, 1.807) is 6.07 Å². The minimum absolute atomic E-state index is 0.0338. The molecule has 1 spiro atoms. The molecule has 3 heteroatoms. The SMILES string of the molecule is C[C@H]1CNCC[C@@]12C=Cc1ccc(C(=O)O)cc12. The van der Waals surface area contributed by atoms with Gasteiger partial charge in [0.25, 0.3) is 0 Å². The average molecular weight is 243 g/mol. The molecule has 1 aromatic carbocycles. The summed E-state index contributed by atoms with van der Waals surface area (Å²) in [6.07, 6.45) is 5.46. The van der Waals surface area contributed by atoms with Gasteiger partial charge in [0, 0.05) is 5.41 Å². The lowest BCUT2D eigenvalue weighted by molar-refractivity contribution is 0.0696. The van der Waals surface area contributed by atoms with Crippen LogP contribution in [0, 0.1) is 5.92 Å². The molecule has 0 amide bonds. The van der Waals surface area contributed by atoms with Crippen LogP contribution in [0.5, 0.6) is 0 Å². The topological polar surface area (TPSA) is 49.3 Å². The van der Waals surface area contributed by atoms with Crippen LogP contribution in [0.25, 0.3) is 6.08 Å². The van der Waals surface area contributed by atoms with Gasteiger partial charge in [-0.15, -0.1) is 0 Å². The van der Waals surface area contributed by atoms with E-state index in [1.165, 1.54) is 11.1 Å². The predicted octanol–water partition coefficient (Wildman–Crippen LogP) is 2.28. The summed E-state index contributed by atoms with van der Waals surface area (Å²) >= 11 is 0. The number of aromatic carboxylic acids is 1. The number of rotatable bonds is 1. The first-order valence-electron chi connectivity index (χ1n) is 6.41. The number of carboxylic acid groups (broad SMARTS) is 1. The summed E-state index contributed by atoms with van der Waals surface area (Å²) in [5.74, 6) is -0.353. The van der Waals surface area contributed by atoms with Gasteiger partial charge in [-0.1, -0.05) is 25.1 Å². The molecule has 0 radical (unpaired) electrons. The number of piperidine rings is 1. The second-order valence-corrected chi connectivity index (χ2v) is 5.34. The van der Waals surface area contributed by atoms with E-state index in [-0.39, 0.29) is 5.41 Å². The third-order valence-electron chi connectivity index (χ3n) is 4.41. The van der Waals surface area contributed by atoms with E-state index in [0.717, 1.165) is 19.5 Å². The molecule has 0 saturated carbocycles. The number of allylic oxidation sites excluding steroid dienone is 1. The van der Waals surface area contributed by atoms with Crippen molar-refractivity contribution in [3.05, 3.63) is 41.0 Å². The standard InChI is InChI=1S/C15H17NO2/c1-10-9-16-7-6-15(10)5-4-11-2-3-12(14(17)18)8-13(11)15/h2-5,8,10,16H,6-7,9H2,1H3,(H,17,18)/t10-,15-/m0/s1. The largest absolute Gasteiger partial charge is 0.478 e. The van der Waals surface area contributed by atoms with Gasteiger partial charge in [-0.25, -0.2) is 4.79 Å². The van der Waals surface area contributed by atoms with Crippen LogP contribution in [-0.2, 0) is 5.41 Å². The van der Waals surface area contributed by atoms with Crippen LogP contribution < -0.4 is 5.32 Å². The lowest BCUT2D eigenvalue weighted by atomic mass is 9.68. The molecule has 18 heavy (non-hydrogen) atoms. The minimum atomic E-state index is -0.846. The summed E-state index contributed by atoms with van der Waals surface area (Å²) in [7, 11) is 0. The summed E-state index contributed by atoms with van der Waals surface area (Å²) in [4.78, 5) is 11.1. The highest BCUT2D eigenvalue weighted by Gasteiger charge is 2.41. The molecule has 94 valence electrons. The summed E-state index contributed by atoms with van der Waals surface area (Å²) in [6.45, 7) is 4.21. The highest BCUT2D eigenvalue weighted by molar-refractivity contribution is 5.89. The van der Waals surface area contributed by atoms with E-state index in [0.29, 0.717) is 11.5 Å². The molecule has 2 atom stereocenters. The van der Waals surface area contributed by atoms with E-state index in [4.69, 9.17) is 5.11 Å². The zero-order chi connectivity index (χ0) is 12.8. The first-order chi connectivity index (χ1) is 8.63. The van der Waals surface area contributed by atoms with Gasteiger partial charge in [0.2, 0.25) is 0 Å². The fraction of sp³-hybridized carbons (Fsp3) is 0.400. The molecule has 3 rings (SSSR count). The summed E-state index contributed by atoms with van der Waals surface area (Å²) in [5, 5.41) is 12.5. The minimum Gasteiger partial charge on any atom is -0.478 e. The third-order valence-corrected chi connectivity index (χ3v) is 4.41. The van der Waals surface area contributed by atoms with E-state index in [9.17, 15) is 4.79 Å². The Balaban J connectivity index is 2.11. The Labute approximate surface area is 107 Å². The van der Waals surface area contributed by atoms with Crippen LogP contribution in [0.1, 0.15) is 34.8 Å². The lowest BCUT2D eigenvalue weighted by Crippen LogP contribution is -2.45. The number of benzene rings is 1. The zero-order valence-corrected chi connectivity index (χ0v) is 10.4. The number of fused-ring (bicyclic) bond motifs is 2. The normalized spacial score (nSPS) is 29.5. The van der Waals surface area contributed by atoms with Crippen LogP contribution in [0.3, 0.4) is 0 Å². The summed E-state index contributed by atoms with van der Waals surface area (Å²) < 4.78 is 0. The van der Waals surface area contributed by atoms with E-state index in [2.05, 4.69) is 24.4 Å². The smallest absolute Gasteiger partial charge is 0.335 e. The van der Waals surface area contributed by atoms with E-state index >= 15 is 0 Å². The van der Waals surface area contributed by atoms with E-state index in [1.807, 2.05) is 12.1 Å². The van der Waals surface area contributed by atoms with Crippen molar-refractivity contribution in [1.29, 1.82) is 0 Å². The highest BCUT2D eigenvalue weighted by atomic mass is 16.4. The molecular weight excluding hydrogens is 226 g/mol. The van der Waals surface area contributed by atoms with Crippen molar-refractivity contribution in [2.24, 2.45) is 5.92 Å². The lowest BCUT2D eigenvalue weighted by Gasteiger charge is -2.40. The van der Waals surface area contributed by atoms with Crippen LogP contribution >= 0.6 is 0 Å². The molecule has 1 aliphatic carbocycles. The van der Waals surface area contributed by atoms with Crippen LogP contribution in [0.15, 0.2) is 24.3 Å². The average Bonchev–Trinajstić information content (AvgIpc) is 2.73. The van der Waals surface area contributed by atoms with Crippen molar-refractivity contribution in [2.75, 3.05) is 13.1 Å². The van der Waals surface area contributed by atoms with Gasteiger partial charge in [0.1, 0.15) is 0 Å². The number of hydrogen-bond donors (Lipinski definition) is 2. The van der Waals surface area contributed by atoms with Gasteiger partial charge in [-0.05, 0) is 48.7 Å². The summed E-state index contributed by atoms with van der Waals surface area (Å²) in [5.41, 5.74) is 2.79. The second-order valence-electron chi connectivity index (χ2n) is 5.34. The number of nitrogens with one attached hydrogen (secondary N) is 1. The molecule has 1 saturated heterocycles. The van der Waals surface area contributed by atoms with Crippen LogP contribution in [0.4, 0.5) is 0 Å². The Morgan fingerprint density at radius 3 is 3.06 bits per heavy atom. The summed E-state index contributed by atoms with van der Waals surface area (Å²) in [6, 6.07) is 5.48. The maximum atomic E-state index is 11.1. The molecule has 0 aromatic heterocycles. The Bertz CT molecular complexity index is 535. The third kappa shape index (κ3) is 1.51. The van der Waals surface area contributed by atoms with Gasteiger partial charge in [0.15, 0.2) is 0 Å². The van der Waals surface area contributed by atoms with Crippen molar-refractivity contribution in [3.63, 3.8) is 0 Å². The number of carbonyl (C=O) groups is 1. The number of hydrogen-bond acceptors (Lipinski definition) is 2. The molecule has 2 N–H and O–H groups in total. The Morgan fingerprint density at radius 2 is 2.33 bits per heavy atom. The number of carboxylic acids is 1. The fourth-order valence-electron chi connectivity index (χ4n) is 3.26. The van der Waals surface area contributed by atoms with Gasteiger partial charge in [-0.3, -0.25) is 0 Å². The first-order valence-corrected chi connectivity index (χ1v) is 6.41. The first kappa shape index (κ1) is 11.5. The van der Waals surface area contributed by atoms with Gasteiger partial charge in [0.05, 0.1) is 5.56 Å². The van der Waals surface area contributed by atoms with Crippen molar-refractivity contribution >= 4 is 12.0 Å². The Hall–Kier alpha value is -1.61. The van der Waals surface area contributed by atoms with Gasteiger partial charge < -0.3 is 10.4 Å². The van der Waals surface area contributed by atoms with Crippen LogP contribution in [-0.4, -0.2) is 24.2 Å². The van der Waals surface area contributed by atoms with Crippen molar-refractivity contribution in [1.82, 2.24) is 5.32 Å².